The Morgan fingerprint density at radius 2 is 1.84 bits per heavy atom. The molecule has 0 bridgehead atoms. The van der Waals surface area contributed by atoms with Crippen molar-refractivity contribution >= 4 is 5.97 Å². The Morgan fingerprint density at radius 3 is 2.47 bits per heavy atom. The molecule has 19 heavy (non-hydrogen) atoms. The minimum Gasteiger partial charge on any atom is -0.477 e. The average Bonchev–Trinajstić information content (AvgIpc) is 2.35. The van der Waals surface area contributed by atoms with E-state index in [2.05, 4.69) is 0 Å². The zero-order valence-corrected chi connectivity index (χ0v) is 10.9. The molecule has 0 aliphatic heterocycles. The van der Waals surface area contributed by atoms with Gasteiger partial charge in [0.25, 0.3) is 5.56 Å². The zero-order chi connectivity index (χ0) is 14.0. The Hall–Kier alpha value is -2.36. The summed E-state index contributed by atoms with van der Waals surface area (Å²) in [6, 6.07) is 9.39. The smallest absolute Gasteiger partial charge is 0.341 e. The number of benzene rings is 1. The highest BCUT2D eigenvalue weighted by molar-refractivity contribution is 5.88. The van der Waals surface area contributed by atoms with Crippen molar-refractivity contribution in [1.82, 2.24) is 4.57 Å². The number of rotatable bonds is 3. The van der Waals surface area contributed by atoms with E-state index in [1.165, 1.54) is 4.57 Å². The summed E-state index contributed by atoms with van der Waals surface area (Å²) in [5, 5.41) is 9.08. The van der Waals surface area contributed by atoms with Crippen LogP contribution >= 0.6 is 0 Å². The summed E-state index contributed by atoms with van der Waals surface area (Å²) in [5.41, 5.74) is 1.95. The maximum atomic E-state index is 12.1. The fraction of sp³-hybridized carbons (Fsp3) is 0.200. The molecular weight excluding hydrogens is 242 g/mol. The van der Waals surface area contributed by atoms with Crippen molar-refractivity contribution in [1.29, 1.82) is 0 Å². The molecule has 0 saturated heterocycles. The van der Waals surface area contributed by atoms with Gasteiger partial charge in [-0.15, -0.1) is 0 Å². The van der Waals surface area contributed by atoms with Crippen LogP contribution in [-0.4, -0.2) is 15.6 Å². The highest BCUT2D eigenvalue weighted by Gasteiger charge is 2.14. The summed E-state index contributed by atoms with van der Waals surface area (Å²) in [6.45, 7) is 3.97. The van der Waals surface area contributed by atoms with Crippen molar-refractivity contribution in [3.63, 3.8) is 0 Å². The lowest BCUT2D eigenvalue weighted by molar-refractivity contribution is 0.0693. The van der Waals surface area contributed by atoms with E-state index in [9.17, 15) is 9.59 Å². The maximum absolute atomic E-state index is 12.1. The first-order valence-electron chi connectivity index (χ1n) is 5.98. The van der Waals surface area contributed by atoms with Gasteiger partial charge in [-0.05, 0) is 36.6 Å². The molecule has 1 aromatic carbocycles. The Kier molecular flexibility index (Phi) is 3.51. The number of carbonyl (C=O) groups is 1. The monoisotopic (exact) mass is 257 g/mol. The standard InChI is InChI=1S/C15H15NO3/c1-10-5-3-4-6-12(10)9-16-8-7-11(2)13(14(16)17)15(18)19/h3-8H,9H2,1-2H3,(H,18,19). The average molecular weight is 257 g/mol. The van der Waals surface area contributed by atoms with Gasteiger partial charge in [0.05, 0.1) is 6.54 Å². The molecule has 0 aliphatic rings. The molecule has 4 nitrogen and oxygen atoms in total. The lowest BCUT2D eigenvalue weighted by Crippen LogP contribution is -2.27. The summed E-state index contributed by atoms with van der Waals surface area (Å²) in [5.74, 6) is -1.18. The Bertz CT molecular complexity index is 686. The van der Waals surface area contributed by atoms with Gasteiger partial charge >= 0.3 is 5.97 Å². The molecule has 1 heterocycles. The third-order valence-corrected chi connectivity index (χ3v) is 3.19. The maximum Gasteiger partial charge on any atom is 0.341 e. The zero-order valence-electron chi connectivity index (χ0n) is 10.9. The van der Waals surface area contributed by atoms with Crippen molar-refractivity contribution in [3.05, 3.63) is 69.1 Å². The molecule has 1 N–H and O–H groups in total. The van der Waals surface area contributed by atoms with Gasteiger partial charge in [0.15, 0.2) is 0 Å². The van der Waals surface area contributed by atoms with E-state index in [0.717, 1.165) is 11.1 Å². The number of aryl methyl sites for hydroxylation is 2. The minimum atomic E-state index is -1.18. The molecular formula is C15H15NO3. The lowest BCUT2D eigenvalue weighted by atomic mass is 10.1. The van der Waals surface area contributed by atoms with Crippen LogP contribution in [0.3, 0.4) is 0 Å². The number of aromatic nitrogens is 1. The van der Waals surface area contributed by atoms with Gasteiger partial charge in [-0.25, -0.2) is 4.79 Å². The van der Waals surface area contributed by atoms with Crippen LogP contribution in [0.4, 0.5) is 0 Å². The molecule has 2 rings (SSSR count). The summed E-state index contributed by atoms with van der Waals surface area (Å²) >= 11 is 0. The number of pyridine rings is 1. The summed E-state index contributed by atoms with van der Waals surface area (Å²) in [6.07, 6.45) is 1.64. The van der Waals surface area contributed by atoms with Crippen LogP contribution in [0.1, 0.15) is 27.0 Å². The number of hydrogen-bond donors (Lipinski definition) is 1. The van der Waals surface area contributed by atoms with Crippen LogP contribution in [0.15, 0.2) is 41.3 Å². The van der Waals surface area contributed by atoms with Crippen molar-refractivity contribution in [2.45, 2.75) is 20.4 Å². The molecule has 2 aromatic rings. The quantitative estimate of drug-likeness (QED) is 0.917. The molecule has 0 saturated carbocycles. The van der Waals surface area contributed by atoms with Gasteiger partial charge in [0.2, 0.25) is 0 Å². The van der Waals surface area contributed by atoms with Crippen LogP contribution in [0, 0.1) is 13.8 Å². The fourth-order valence-electron chi connectivity index (χ4n) is 2.02. The van der Waals surface area contributed by atoms with Crippen molar-refractivity contribution in [3.8, 4) is 0 Å². The fourth-order valence-corrected chi connectivity index (χ4v) is 2.02. The molecule has 0 aliphatic carbocycles. The second kappa shape index (κ2) is 5.10. The Morgan fingerprint density at radius 1 is 1.16 bits per heavy atom. The molecule has 0 spiro atoms. The molecule has 98 valence electrons. The first kappa shape index (κ1) is 13.1. The highest BCUT2D eigenvalue weighted by Crippen LogP contribution is 2.09. The molecule has 4 heteroatoms. The first-order chi connectivity index (χ1) is 9.00. The normalized spacial score (nSPS) is 10.4. The van der Waals surface area contributed by atoms with E-state index in [1.54, 1.807) is 19.2 Å². The number of carboxylic acids is 1. The first-order valence-corrected chi connectivity index (χ1v) is 5.98. The van der Waals surface area contributed by atoms with E-state index in [-0.39, 0.29) is 5.56 Å². The second-order valence-corrected chi connectivity index (χ2v) is 4.54. The van der Waals surface area contributed by atoms with Crippen molar-refractivity contribution in [2.24, 2.45) is 0 Å². The van der Waals surface area contributed by atoms with Gasteiger partial charge in [0.1, 0.15) is 5.56 Å². The molecule has 1 aromatic heterocycles. The van der Waals surface area contributed by atoms with Crippen molar-refractivity contribution in [2.75, 3.05) is 0 Å². The second-order valence-electron chi connectivity index (χ2n) is 4.54. The molecule has 0 fully saturated rings. The largest absolute Gasteiger partial charge is 0.477 e. The number of nitrogens with zero attached hydrogens (tertiary/aromatic N) is 1. The van der Waals surface area contributed by atoms with E-state index >= 15 is 0 Å². The minimum absolute atomic E-state index is 0.156. The number of hydrogen-bond acceptors (Lipinski definition) is 2. The molecule has 0 atom stereocenters. The summed E-state index contributed by atoms with van der Waals surface area (Å²) in [7, 11) is 0. The summed E-state index contributed by atoms with van der Waals surface area (Å²) < 4.78 is 1.43. The highest BCUT2D eigenvalue weighted by atomic mass is 16.4. The topological polar surface area (TPSA) is 59.3 Å². The molecule has 0 amide bonds. The van der Waals surface area contributed by atoms with E-state index in [0.29, 0.717) is 12.1 Å². The Labute approximate surface area is 110 Å². The van der Waals surface area contributed by atoms with Crippen LogP contribution in [-0.2, 0) is 6.54 Å². The van der Waals surface area contributed by atoms with Gasteiger partial charge in [-0.3, -0.25) is 4.79 Å². The Balaban J connectivity index is 2.48. The number of carboxylic acid groups (broad SMARTS) is 1. The van der Waals surface area contributed by atoms with Crippen LogP contribution in [0.5, 0.6) is 0 Å². The van der Waals surface area contributed by atoms with E-state index in [1.807, 2.05) is 31.2 Å². The predicted molar refractivity (Wildman–Crippen MR) is 72.7 cm³/mol. The SMILES string of the molecule is Cc1ccccc1Cn1ccc(C)c(C(=O)O)c1=O. The third kappa shape index (κ3) is 2.57. The van der Waals surface area contributed by atoms with Gasteiger partial charge in [-0.1, -0.05) is 24.3 Å². The molecule has 0 radical (unpaired) electrons. The van der Waals surface area contributed by atoms with Crippen LogP contribution in [0.25, 0.3) is 0 Å². The molecule has 0 unspecified atom stereocenters. The van der Waals surface area contributed by atoms with Crippen LogP contribution in [0.2, 0.25) is 0 Å². The van der Waals surface area contributed by atoms with Crippen molar-refractivity contribution < 1.29 is 9.90 Å². The lowest BCUT2D eigenvalue weighted by Gasteiger charge is -2.10. The van der Waals surface area contributed by atoms with Gasteiger partial charge in [-0.2, -0.15) is 0 Å². The third-order valence-electron chi connectivity index (χ3n) is 3.19. The summed E-state index contributed by atoms with van der Waals surface area (Å²) in [4.78, 5) is 23.2. The number of aromatic carboxylic acids is 1. The predicted octanol–water partition coefficient (Wildman–Crippen LogP) is 2.21. The van der Waals surface area contributed by atoms with E-state index < -0.39 is 11.5 Å². The van der Waals surface area contributed by atoms with Gasteiger partial charge < -0.3 is 9.67 Å². The van der Waals surface area contributed by atoms with E-state index in [4.69, 9.17) is 5.11 Å². The van der Waals surface area contributed by atoms with Gasteiger partial charge in [0, 0.05) is 6.20 Å². The van der Waals surface area contributed by atoms with Crippen LogP contribution < -0.4 is 5.56 Å².